The topological polar surface area (TPSA) is 86.8 Å². The zero-order valence-electron chi connectivity index (χ0n) is 17.1. The van der Waals surface area contributed by atoms with E-state index in [4.69, 9.17) is 0 Å². The summed E-state index contributed by atoms with van der Waals surface area (Å²) in [7, 11) is 0. The third-order valence-electron chi connectivity index (χ3n) is 4.80. The second-order valence-electron chi connectivity index (χ2n) is 7.70. The number of nitrogens with one attached hydrogen (secondary N) is 1. The molecule has 2 aromatic carbocycles. The highest BCUT2D eigenvalue weighted by atomic mass is 16.2. The van der Waals surface area contributed by atoms with Crippen LogP contribution in [0.2, 0.25) is 0 Å². The zero-order valence-corrected chi connectivity index (χ0v) is 17.1. The first-order chi connectivity index (χ1) is 14.4. The van der Waals surface area contributed by atoms with Gasteiger partial charge in [-0.2, -0.15) is 0 Å². The lowest BCUT2D eigenvalue weighted by molar-refractivity contribution is -0.144. The van der Waals surface area contributed by atoms with Gasteiger partial charge in [0.15, 0.2) is 0 Å². The molecular formula is C23H25N3O4. The molecule has 5 amide bonds. The summed E-state index contributed by atoms with van der Waals surface area (Å²) in [4.78, 5) is 51.1. The second-order valence-corrected chi connectivity index (χ2v) is 7.70. The summed E-state index contributed by atoms with van der Waals surface area (Å²) in [6.07, 6.45) is 0.552. The van der Waals surface area contributed by atoms with Crippen LogP contribution in [-0.2, 0) is 20.8 Å². The number of amides is 5. The van der Waals surface area contributed by atoms with Crippen LogP contribution < -0.4 is 5.32 Å². The van der Waals surface area contributed by atoms with Crippen LogP contribution in [0.25, 0.3) is 0 Å². The molecule has 0 saturated carbocycles. The first kappa shape index (κ1) is 21.2. The molecule has 0 unspecified atom stereocenters. The van der Waals surface area contributed by atoms with Crippen LogP contribution in [0.3, 0.4) is 0 Å². The number of nitrogens with zero attached hydrogens (tertiary/aromatic N) is 2. The van der Waals surface area contributed by atoms with Gasteiger partial charge in [0.2, 0.25) is 5.91 Å². The van der Waals surface area contributed by atoms with E-state index in [0.29, 0.717) is 11.3 Å². The van der Waals surface area contributed by atoms with Crippen molar-refractivity contribution in [2.75, 3.05) is 13.1 Å². The molecule has 1 saturated heterocycles. The Morgan fingerprint density at radius 2 is 1.43 bits per heavy atom. The Morgan fingerprint density at radius 3 is 2.03 bits per heavy atom. The van der Waals surface area contributed by atoms with Crippen LogP contribution in [0.15, 0.2) is 60.7 Å². The average Bonchev–Trinajstić information content (AvgIpc) is 2.92. The van der Waals surface area contributed by atoms with E-state index in [1.807, 2.05) is 74.5 Å². The van der Waals surface area contributed by atoms with Gasteiger partial charge in [-0.25, -0.2) is 9.69 Å². The molecule has 7 nitrogen and oxygen atoms in total. The van der Waals surface area contributed by atoms with Gasteiger partial charge in [0.25, 0.3) is 0 Å². The molecule has 1 atom stereocenters. The van der Waals surface area contributed by atoms with Crippen LogP contribution >= 0.6 is 0 Å². The van der Waals surface area contributed by atoms with Crippen molar-refractivity contribution >= 4 is 23.8 Å². The molecular weight excluding hydrogens is 382 g/mol. The fourth-order valence-corrected chi connectivity index (χ4v) is 3.39. The van der Waals surface area contributed by atoms with Gasteiger partial charge in [-0.05, 0) is 23.5 Å². The monoisotopic (exact) mass is 407 g/mol. The molecule has 1 N–H and O–H groups in total. The van der Waals surface area contributed by atoms with Gasteiger partial charge >= 0.3 is 17.8 Å². The summed E-state index contributed by atoms with van der Waals surface area (Å²) in [5, 5.41) is 2.91. The Hall–Kier alpha value is -3.48. The molecule has 0 radical (unpaired) electrons. The maximum atomic E-state index is 12.7. The quantitative estimate of drug-likeness (QED) is 0.538. The number of rotatable bonds is 8. The second kappa shape index (κ2) is 9.35. The predicted molar refractivity (Wildman–Crippen MR) is 111 cm³/mol. The zero-order chi connectivity index (χ0) is 21.7. The van der Waals surface area contributed by atoms with E-state index in [-0.39, 0.29) is 18.5 Å². The molecule has 7 heteroatoms. The molecule has 1 aliphatic rings. The molecule has 1 fully saturated rings. The van der Waals surface area contributed by atoms with Crippen molar-refractivity contribution in [1.29, 1.82) is 0 Å². The molecule has 156 valence electrons. The van der Waals surface area contributed by atoms with Crippen molar-refractivity contribution in [3.8, 4) is 0 Å². The van der Waals surface area contributed by atoms with Crippen molar-refractivity contribution in [2.24, 2.45) is 5.92 Å². The van der Waals surface area contributed by atoms with Gasteiger partial charge in [-0.3, -0.25) is 19.3 Å². The van der Waals surface area contributed by atoms with Crippen LogP contribution in [-0.4, -0.2) is 46.6 Å². The van der Waals surface area contributed by atoms with Crippen molar-refractivity contribution in [2.45, 2.75) is 26.3 Å². The van der Waals surface area contributed by atoms with Crippen molar-refractivity contribution < 1.29 is 19.2 Å². The molecule has 2 aromatic rings. The fourth-order valence-electron chi connectivity index (χ4n) is 3.39. The maximum absolute atomic E-state index is 12.7. The lowest BCUT2D eigenvalue weighted by Crippen LogP contribution is -2.43. The van der Waals surface area contributed by atoms with Gasteiger partial charge in [0.05, 0.1) is 6.04 Å². The molecule has 0 aliphatic carbocycles. The summed E-state index contributed by atoms with van der Waals surface area (Å²) < 4.78 is 0. The summed E-state index contributed by atoms with van der Waals surface area (Å²) >= 11 is 0. The first-order valence-corrected chi connectivity index (χ1v) is 9.92. The average molecular weight is 407 g/mol. The van der Waals surface area contributed by atoms with Crippen molar-refractivity contribution in [3.63, 3.8) is 0 Å². The molecule has 3 rings (SSSR count). The predicted octanol–water partition coefficient (Wildman–Crippen LogP) is 2.53. The fraction of sp³-hybridized carbons (Fsp3) is 0.304. The smallest absolute Gasteiger partial charge is 0.334 e. The lowest BCUT2D eigenvalue weighted by atomic mass is 9.99. The molecule has 1 aliphatic heterocycles. The highest BCUT2D eigenvalue weighted by molar-refractivity contribution is 6.45. The Kier molecular flexibility index (Phi) is 6.61. The summed E-state index contributed by atoms with van der Waals surface area (Å²) in [5.41, 5.74) is 1.95. The van der Waals surface area contributed by atoms with Crippen LogP contribution in [0.4, 0.5) is 4.79 Å². The number of benzene rings is 2. The molecule has 0 spiro atoms. The number of urea groups is 1. The highest BCUT2D eigenvalue weighted by Crippen LogP contribution is 2.19. The van der Waals surface area contributed by atoms with Crippen LogP contribution in [0, 0.1) is 5.92 Å². The molecule has 0 bridgehead atoms. The van der Waals surface area contributed by atoms with Crippen molar-refractivity contribution in [1.82, 2.24) is 15.1 Å². The van der Waals surface area contributed by atoms with E-state index in [1.54, 1.807) is 0 Å². The SMILES string of the molecule is CC(C)CN1C(=O)C(=O)N(CC(=O)N[C@H](Cc2ccccc2)c2ccccc2)C1=O. The Balaban J connectivity index is 1.72. The number of carbonyl (C=O) groups excluding carboxylic acids is 4. The number of hydrogen-bond acceptors (Lipinski definition) is 4. The third kappa shape index (κ3) is 4.92. The molecule has 1 heterocycles. The van der Waals surface area contributed by atoms with E-state index in [2.05, 4.69) is 5.32 Å². The summed E-state index contributed by atoms with van der Waals surface area (Å²) in [6, 6.07) is 18.1. The number of hydrogen-bond donors (Lipinski definition) is 1. The normalized spacial score (nSPS) is 15.1. The Bertz CT molecular complexity index is 928. The summed E-state index contributed by atoms with van der Waals surface area (Å²) in [6.45, 7) is 3.33. The highest BCUT2D eigenvalue weighted by Gasteiger charge is 2.45. The van der Waals surface area contributed by atoms with Crippen LogP contribution in [0.1, 0.15) is 31.0 Å². The minimum Gasteiger partial charge on any atom is -0.347 e. The van der Waals surface area contributed by atoms with E-state index in [9.17, 15) is 19.2 Å². The Labute approximate surface area is 175 Å². The van der Waals surface area contributed by atoms with E-state index in [1.165, 1.54) is 0 Å². The van der Waals surface area contributed by atoms with Gasteiger partial charge in [0, 0.05) is 6.54 Å². The third-order valence-corrected chi connectivity index (χ3v) is 4.80. The van der Waals surface area contributed by atoms with Gasteiger partial charge in [-0.1, -0.05) is 74.5 Å². The number of imide groups is 2. The van der Waals surface area contributed by atoms with Gasteiger partial charge in [-0.15, -0.1) is 0 Å². The number of carbonyl (C=O) groups is 4. The van der Waals surface area contributed by atoms with E-state index >= 15 is 0 Å². The largest absolute Gasteiger partial charge is 0.347 e. The Morgan fingerprint density at radius 1 is 0.867 bits per heavy atom. The van der Waals surface area contributed by atoms with E-state index in [0.717, 1.165) is 16.0 Å². The molecule has 0 aromatic heterocycles. The van der Waals surface area contributed by atoms with Gasteiger partial charge < -0.3 is 5.32 Å². The van der Waals surface area contributed by atoms with Crippen LogP contribution in [0.5, 0.6) is 0 Å². The van der Waals surface area contributed by atoms with Crippen molar-refractivity contribution in [3.05, 3.63) is 71.8 Å². The lowest BCUT2D eigenvalue weighted by Gasteiger charge is -2.21. The minimum absolute atomic E-state index is 0.0211. The van der Waals surface area contributed by atoms with E-state index < -0.39 is 30.3 Å². The first-order valence-electron chi connectivity index (χ1n) is 9.92. The standard InChI is InChI=1S/C23H25N3O4/c1-16(2)14-25-21(28)22(29)26(23(25)30)15-20(27)24-19(18-11-7-4-8-12-18)13-17-9-5-3-6-10-17/h3-12,16,19H,13-15H2,1-2H3,(H,24,27)/t19-/m1/s1. The summed E-state index contributed by atoms with van der Waals surface area (Å²) in [5.74, 6) is -2.32. The van der Waals surface area contributed by atoms with Gasteiger partial charge in [0.1, 0.15) is 6.54 Å². The minimum atomic E-state index is -0.963. The maximum Gasteiger partial charge on any atom is 0.334 e. The molecule has 30 heavy (non-hydrogen) atoms.